The maximum atomic E-state index is 14.3. The summed E-state index contributed by atoms with van der Waals surface area (Å²) in [5.41, 5.74) is -3.12. The second-order valence-corrected chi connectivity index (χ2v) is 8.86. The molecule has 0 saturated heterocycles. The third kappa shape index (κ3) is 4.22. The van der Waals surface area contributed by atoms with E-state index in [1.54, 1.807) is 25.1 Å². The van der Waals surface area contributed by atoms with E-state index < -0.39 is 23.6 Å². The van der Waals surface area contributed by atoms with Gasteiger partial charge in [-0.15, -0.1) is 0 Å². The van der Waals surface area contributed by atoms with Gasteiger partial charge in [-0.05, 0) is 35.6 Å². The second-order valence-electron chi connectivity index (χ2n) is 7.59. The molecule has 1 aliphatic rings. The number of benzene rings is 2. The minimum Gasteiger partial charge on any atom is -0.454 e. The maximum absolute atomic E-state index is 14.3. The number of anilines is 1. The number of aromatic nitrogens is 2. The summed E-state index contributed by atoms with van der Waals surface area (Å²) in [4.78, 5) is 12.5. The van der Waals surface area contributed by atoms with Crippen molar-refractivity contribution in [1.82, 2.24) is 9.78 Å². The number of nitrogens with zero attached hydrogens (tertiary/aromatic N) is 2. The van der Waals surface area contributed by atoms with Crippen molar-refractivity contribution >= 4 is 28.2 Å². The van der Waals surface area contributed by atoms with Crippen LogP contribution in [0.5, 0.6) is 11.5 Å². The van der Waals surface area contributed by atoms with E-state index in [1.807, 2.05) is 0 Å². The Hall–Kier alpha value is -2.92. The fraction of sp³-hybridized carbons (Fsp3) is 0.364. The second kappa shape index (κ2) is 8.79. The number of thioether (sulfide) groups is 1. The Labute approximate surface area is 191 Å². The lowest BCUT2D eigenvalue weighted by molar-refractivity contribution is -0.256. The molecule has 0 bridgehead atoms. The normalized spacial score (nSPS) is 15.9. The van der Waals surface area contributed by atoms with Gasteiger partial charge in [-0.3, -0.25) is 4.79 Å². The third-order valence-electron chi connectivity index (χ3n) is 5.51. The van der Waals surface area contributed by atoms with Crippen molar-refractivity contribution in [2.24, 2.45) is 7.05 Å². The largest absolute Gasteiger partial charge is 0.454 e. The summed E-state index contributed by atoms with van der Waals surface area (Å²) in [6.07, 6.45) is -3.55. The van der Waals surface area contributed by atoms with Crippen molar-refractivity contribution in [2.75, 3.05) is 23.6 Å². The molecule has 11 heteroatoms. The molecule has 33 heavy (non-hydrogen) atoms. The quantitative estimate of drug-likeness (QED) is 0.530. The zero-order valence-electron chi connectivity index (χ0n) is 17.8. The molecule has 1 aromatic heterocycles. The molecule has 0 amide bonds. The molecular weight excluding hydrogens is 459 g/mol. The summed E-state index contributed by atoms with van der Waals surface area (Å²) in [6, 6.07) is 7.47. The van der Waals surface area contributed by atoms with Crippen molar-refractivity contribution in [3.63, 3.8) is 0 Å². The molecule has 2 unspecified atom stereocenters. The Morgan fingerprint density at radius 2 is 1.97 bits per heavy atom. The molecule has 1 aliphatic heterocycles. The van der Waals surface area contributed by atoms with E-state index in [9.17, 15) is 23.1 Å². The SMILES string of the molecule is CCSCC(O)(C(Nc1cccc2c(=O)n(C)ncc12)c1ccc2c(c1)OCO2)C(F)(F)F. The molecule has 3 aromatic rings. The van der Waals surface area contributed by atoms with E-state index in [2.05, 4.69) is 10.4 Å². The van der Waals surface area contributed by atoms with Crippen LogP contribution in [0.15, 0.2) is 47.4 Å². The molecule has 0 radical (unpaired) electrons. The van der Waals surface area contributed by atoms with E-state index in [0.717, 1.165) is 16.4 Å². The van der Waals surface area contributed by atoms with E-state index in [1.165, 1.54) is 31.4 Å². The van der Waals surface area contributed by atoms with E-state index in [-0.39, 0.29) is 23.6 Å². The van der Waals surface area contributed by atoms with Crippen molar-refractivity contribution < 1.29 is 27.8 Å². The van der Waals surface area contributed by atoms with E-state index in [0.29, 0.717) is 28.0 Å². The minimum absolute atomic E-state index is 0.0373. The predicted molar refractivity (Wildman–Crippen MR) is 120 cm³/mol. The van der Waals surface area contributed by atoms with Crippen LogP contribution in [0.1, 0.15) is 18.5 Å². The number of fused-ring (bicyclic) bond motifs is 2. The number of hydrogen-bond donors (Lipinski definition) is 2. The van der Waals surface area contributed by atoms with E-state index in [4.69, 9.17) is 9.47 Å². The number of aliphatic hydroxyl groups is 1. The standard InChI is InChI=1S/C22H22F3N3O4S/c1-3-33-11-21(30,22(23,24)25)19(13-7-8-17-18(9-13)32-12-31-17)27-16-6-4-5-14-15(16)10-26-28(2)20(14)29/h4-10,19,27,30H,3,11-12H2,1-2H3. The number of ether oxygens (including phenoxy) is 2. The fourth-order valence-electron chi connectivity index (χ4n) is 3.70. The Bertz CT molecular complexity index is 1230. The van der Waals surface area contributed by atoms with Crippen LogP contribution in [-0.2, 0) is 7.05 Å². The highest BCUT2D eigenvalue weighted by molar-refractivity contribution is 7.99. The summed E-state index contributed by atoms with van der Waals surface area (Å²) in [5.74, 6) is 0.499. The lowest BCUT2D eigenvalue weighted by atomic mass is 9.88. The molecule has 2 aromatic carbocycles. The molecule has 0 spiro atoms. The molecule has 176 valence electrons. The molecule has 7 nitrogen and oxygen atoms in total. The highest BCUT2D eigenvalue weighted by atomic mass is 32.2. The van der Waals surface area contributed by atoms with Crippen molar-refractivity contribution in [3.8, 4) is 11.5 Å². The molecule has 0 aliphatic carbocycles. The summed E-state index contributed by atoms with van der Waals surface area (Å²) in [7, 11) is 1.49. The Morgan fingerprint density at radius 1 is 1.21 bits per heavy atom. The summed E-state index contributed by atoms with van der Waals surface area (Å²) >= 11 is 0.977. The first kappa shape index (κ1) is 23.2. The van der Waals surface area contributed by atoms with Crippen LogP contribution < -0.4 is 20.3 Å². The van der Waals surface area contributed by atoms with Gasteiger partial charge in [-0.25, -0.2) is 4.68 Å². The van der Waals surface area contributed by atoms with Crippen molar-refractivity contribution in [1.29, 1.82) is 0 Å². The highest BCUT2D eigenvalue weighted by Gasteiger charge is 2.59. The van der Waals surface area contributed by atoms with Gasteiger partial charge in [-0.1, -0.05) is 19.1 Å². The summed E-state index contributed by atoms with van der Waals surface area (Å²) in [6.45, 7) is 1.68. The van der Waals surface area contributed by atoms with Gasteiger partial charge in [0, 0.05) is 23.9 Å². The van der Waals surface area contributed by atoms with E-state index >= 15 is 0 Å². The van der Waals surface area contributed by atoms with Crippen LogP contribution in [0.25, 0.3) is 10.8 Å². The topological polar surface area (TPSA) is 85.6 Å². The van der Waals surface area contributed by atoms with Crippen molar-refractivity contribution in [3.05, 3.63) is 58.5 Å². The maximum Gasteiger partial charge on any atom is 0.420 e. The minimum atomic E-state index is -4.96. The van der Waals surface area contributed by atoms with Gasteiger partial charge in [-0.2, -0.15) is 30.0 Å². The Morgan fingerprint density at radius 3 is 2.70 bits per heavy atom. The van der Waals surface area contributed by atoms with Gasteiger partial charge in [0.05, 0.1) is 17.6 Å². The van der Waals surface area contributed by atoms with Crippen LogP contribution in [0.2, 0.25) is 0 Å². The molecule has 2 heterocycles. The predicted octanol–water partition coefficient (Wildman–Crippen LogP) is 3.86. The Kier molecular flexibility index (Phi) is 6.19. The average molecular weight is 481 g/mol. The molecular formula is C22H22F3N3O4S. The third-order valence-corrected chi connectivity index (χ3v) is 6.57. The number of halogens is 3. The first-order valence-corrected chi connectivity index (χ1v) is 11.3. The van der Waals surface area contributed by atoms with Crippen LogP contribution >= 0.6 is 11.8 Å². The lowest BCUT2D eigenvalue weighted by Gasteiger charge is -2.39. The lowest BCUT2D eigenvalue weighted by Crippen LogP contribution is -2.54. The van der Waals surface area contributed by atoms with Crippen LogP contribution in [0, 0.1) is 0 Å². The number of alkyl halides is 3. The number of nitrogens with one attached hydrogen (secondary N) is 1. The average Bonchev–Trinajstić information content (AvgIpc) is 3.25. The first-order valence-electron chi connectivity index (χ1n) is 10.1. The zero-order chi connectivity index (χ0) is 23.8. The Balaban J connectivity index is 1.87. The van der Waals surface area contributed by atoms with Gasteiger partial charge in [0.2, 0.25) is 6.79 Å². The fourth-order valence-corrected chi connectivity index (χ4v) is 4.55. The van der Waals surface area contributed by atoms with Gasteiger partial charge in [0.1, 0.15) is 0 Å². The zero-order valence-corrected chi connectivity index (χ0v) is 18.7. The molecule has 2 atom stereocenters. The molecule has 0 fully saturated rings. The van der Waals surface area contributed by atoms with Gasteiger partial charge in [0.15, 0.2) is 17.1 Å². The summed E-state index contributed by atoms with van der Waals surface area (Å²) in [5, 5.41) is 18.6. The molecule has 0 saturated carbocycles. The number of aryl methyl sites for hydroxylation is 1. The monoisotopic (exact) mass is 481 g/mol. The van der Waals surface area contributed by atoms with Crippen LogP contribution in [-0.4, -0.2) is 45.0 Å². The molecule has 2 N–H and O–H groups in total. The van der Waals surface area contributed by atoms with Crippen LogP contribution in [0.4, 0.5) is 18.9 Å². The van der Waals surface area contributed by atoms with Gasteiger partial charge < -0.3 is 19.9 Å². The number of rotatable bonds is 7. The van der Waals surface area contributed by atoms with Crippen molar-refractivity contribution in [2.45, 2.75) is 24.7 Å². The number of hydrogen-bond acceptors (Lipinski definition) is 7. The smallest absolute Gasteiger partial charge is 0.420 e. The van der Waals surface area contributed by atoms with Gasteiger partial charge in [0.25, 0.3) is 5.56 Å². The first-order chi connectivity index (χ1) is 15.7. The summed E-state index contributed by atoms with van der Waals surface area (Å²) < 4.78 is 54.8. The molecule has 4 rings (SSSR count). The highest BCUT2D eigenvalue weighted by Crippen LogP contribution is 2.46. The van der Waals surface area contributed by atoms with Gasteiger partial charge >= 0.3 is 6.18 Å². The van der Waals surface area contributed by atoms with Crippen LogP contribution in [0.3, 0.4) is 0 Å².